The molecule has 1 aliphatic carbocycles. The van der Waals surface area contributed by atoms with Gasteiger partial charge in [-0.25, -0.2) is 0 Å². The summed E-state index contributed by atoms with van der Waals surface area (Å²) in [5, 5.41) is 5.73. The molecule has 1 fully saturated rings. The van der Waals surface area contributed by atoms with E-state index in [0.717, 1.165) is 19.3 Å². The lowest BCUT2D eigenvalue weighted by Crippen LogP contribution is -2.41. The molecule has 0 aromatic heterocycles. The van der Waals surface area contributed by atoms with Crippen molar-refractivity contribution in [3.05, 3.63) is 41.5 Å². The number of hydrogen-bond donors (Lipinski definition) is 2. The van der Waals surface area contributed by atoms with E-state index in [0.29, 0.717) is 22.7 Å². The lowest BCUT2D eigenvalue weighted by Gasteiger charge is -2.29. The first-order chi connectivity index (χ1) is 11.9. The summed E-state index contributed by atoms with van der Waals surface area (Å²) >= 11 is 0. The van der Waals surface area contributed by atoms with Gasteiger partial charge in [0.05, 0.1) is 0 Å². The van der Waals surface area contributed by atoms with E-state index in [4.69, 9.17) is 0 Å². The predicted octanol–water partition coefficient (Wildman–Crippen LogP) is 3.47. The highest BCUT2D eigenvalue weighted by atomic mass is 16.2. The third-order valence-corrected chi connectivity index (χ3v) is 4.69. The number of rotatable bonds is 5. The topological polar surface area (TPSA) is 75.3 Å². The van der Waals surface area contributed by atoms with E-state index in [9.17, 15) is 14.4 Å². The summed E-state index contributed by atoms with van der Waals surface area (Å²) in [4.78, 5) is 35.6. The molecule has 5 heteroatoms. The van der Waals surface area contributed by atoms with Crippen LogP contribution in [-0.2, 0) is 9.59 Å². The lowest BCUT2D eigenvalue weighted by atomic mass is 9.86. The van der Waals surface area contributed by atoms with Crippen molar-refractivity contribution >= 4 is 23.3 Å². The summed E-state index contributed by atoms with van der Waals surface area (Å²) in [6, 6.07) is 6.84. The molecule has 1 aromatic carbocycles. The van der Waals surface area contributed by atoms with Crippen molar-refractivity contribution < 1.29 is 14.4 Å². The molecular weight excluding hydrogens is 316 g/mol. The summed E-state index contributed by atoms with van der Waals surface area (Å²) in [7, 11) is 0. The maximum absolute atomic E-state index is 12.3. The molecule has 0 saturated heterocycles. The van der Waals surface area contributed by atoms with Crippen molar-refractivity contribution in [1.29, 1.82) is 0 Å². The molecule has 2 rings (SSSR count). The second kappa shape index (κ2) is 8.60. The zero-order valence-electron chi connectivity index (χ0n) is 15.1. The van der Waals surface area contributed by atoms with Gasteiger partial charge in [-0.15, -0.1) is 0 Å². The SMILES string of the molecule is CC(=O)c1ccc(NC(=O)/C=C(/C)C(=O)NC2CCCCC2C)cc1. The van der Waals surface area contributed by atoms with Crippen molar-refractivity contribution in [1.82, 2.24) is 5.32 Å². The van der Waals surface area contributed by atoms with E-state index < -0.39 is 0 Å². The van der Waals surface area contributed by atoms with Gasteiger partial charge in [0.25, 0.3) is 0 Å². The minimum absolute atomic E-state index is 0.0257. The summed E-state index contributed by atoms with van der Waals surface area (Å²) < 4.78 is 0. The second-order valence-electron chi connectivity index (χ2n) is 6.79. The number of nitrogens with one attached hydrogen (secondary N) is 2. The number of hydrogen-bond acceptors (Lipinski definition) is 3. The van der Waals surface area contributed by atoms with E-state index in [-0.39, 0.29) is 23.6 Å². The molecular formula is C20H26N2O3. The van der Waals surface area contributed by atoms with Crippen molar-refractivity contribution in [2.45, 2.75) is 52.5 Å². The van der Waals surface area contributed by atoms with Crippen LogP contribution in [0.25, 0.3) is 0 Å². The molecule has 2 atom stereocenters. The molecule has 1 aromatic rings. The van der Waals surface area contributed by atoms with Gasteiger partial charge in [-0.2, -0.15) is 0 Å². The van der Waals surface area contributed by atoms with Crippen LogP contribution in [0.5, 0.6) is 0 Å². The summed E-state index contributed by atoms with van der Waals surface area (Å²) in [6.45, 7) is 5.29. The van der Waals surface area contributed by atoms with E-state index in [1.54, 1.807) is 31.2 Å². The minimum Gasteiger partial charge on any atom is -0.349 e. The summed E-state index contributed by atoms with van der Waals surface area (Å²) in [6.07, 6.45) is 5.78. The Morgan fingerprint density at radius 2 is 1.68 bits per heavy atom. The van der Waals surface area contributed by atoms with Crippen molar-refractivity contribution in [2.24, 2.45) is 5.92 Å². The van der Waals surface area contributed by atoms with Gasteiger partial charge in [0, 0.05) is 28.9 Å². The standard InChI is InChI=1S/C20H26N2O3/c1-13-6-4-5-7-18(13)22-20(25)14(2)12-19(24)21-17-10-8-16(9-11-17)15(3)23/h8-13,18H,4-7H2,1-3H3,(H,21,24)(H,22,25)/b14-12-. The Morgan fingerprint density at radius 1 is 1.04 bits per heavy atom. The van der Waals surface area contributed by atoms with Crippen LogP contribution < -0.4 is 10.6 Å². The first-order valence-corrected chi connectivity index (χ1v) is 8.78. The minimum atomic E-state index is -0.361. The zero-order chi connectivity index (χ0) is 18.4. The van der Waals surface area contributed by atoms with Crippen LogP contribution >= 0.6 is 0 Å². The second-order valence-corrected chi connectivity index (χ2v) is 6.79. The number of carbonyl (C=O) groups is 3. The van der Waals surface area contributed by atoms with Gasteiger partial charge in [0.1, 0.15) is 0 Å². The van der Waals surface area contributed by atoms with Gasteiger partial charge >= 0.3 is 0 Å². The van der Waals surface area contributed by atoms with Crippen LogP contribution in [-0.4, -0.2) is 23.6 Å². The summed E-state index contributed by atoms with van der Waals surface area (Å²) in [5.41, 5.74) is 1.56. The van der Waals surface area contributed by atoms with Crippen molar-refractivity contribution in [3.8, 4) is 0 Å². The third kappa shape index (κ3) is 5.55. The Labute approximate surface area is 148 Å². The van der Waals surface area contributed by atoms with E-state index >= 15 is 0 Å². The molecule has 2 N–H and O–H groups in total. The molecule has 2 amide bonds. The fraction of sp³-hybridized carbons (Fsp3) is 0.450. The summed E-state index contributed by atoms with van der Waals surface area (Å²) in [5.74, 6) is -0.109. The van der Waals surface area contributed by atoms with Crippen molar-refractivity contribution in [2.75, 3.05) is 5.32 Å². The Morgan fingerprint density at radius 3 is 2.28 bits per heavy atom. The highest BCUT2D eigenvalue weighted by Gasteiger charge is 2.23. The first-order valence-electron chi connectivity index (χ1n) is 8.78. The monoisotopic (exact) mass is 342 g/mol. The van der Waals surface area contributed by atoms with Gasteiger partial charge in [-0.3, -0.25) is 14.4 Å². The Bertz CT molecular complexity index is 677. The van der Waals surface area contributed by atoms with Gasteiger partial charge in [-0.05, 0) is 56.9 Å². The van der Waals surface area contributed by atoms with Crippen LogP contribution in [0.4, 0.5) is 5.69 Å². The lowest BCUT2D eigenvalue weighted by molar-refractivity contribution is -0.119. The smallest absolute Gasteiger partial charge is 0.248 e. The molecule has 134 valence electrons. The van der Waals surface area contributed by atoms with Crippen LogP contribution in [0.3, 0.4) is 0 Å². The molecule has 1 aliphatic rings. The van der Waals surface area contributed by atoms with E-state index in [2.05, 4.69) is 17.6 Å². The number of benzene rings is 1. The fourth-order valence-electron chi connectivity index (χ4n) is 3.04. The Kier molecular flexibility index (Phi) is 6.51. The molecule has 5 nitrogen and oxygen atoms in total. The predicted molar refractivity (Wildman–Crippen MR) is 98.4 cm³/mol. The van der Waals surface area contributed by atoms with Crippen molar-refractivity contribution in [3.63, 3.8) is 0 Å². The van der Waals surface area contributed by atoms with Gasteiger partial charge in [0.2, 0.25) is 11.8 Å². The number of anilines is 1. The van der Waals surface area contributed by atoms with E-state index in [1.807, 2.05) is 0 Å². The molecule has 25 heavy (non-hydrogen) atoms. The quantitative estimate of drug-likeness (QED) is 0.635. The van der Waals surface area contributed by atoms with E-state index in [1.165, 1.54) is 19.4 Å². The van der Waals surface area contributed by atoms with Crippen LogP contribution in [0.2, 0.25) is 0 Å². The van der Waals surface area contributed by atoms with Crippen LogP contribution in [0, 0.1) is 5.92 Å². The zero-order valence-corrected chi connectivity index (χ0v) is 15.1. The highest BCUT2D eigenvalue weighted by molar-refractivity contribution is 6.06. The maximum atomic E-state index is 12.3. The van der Waals surface area contributed by atoms with Crippen LogP contribution in [0.1, 0.15) is 56.8 Å². The molecule has 0 bridgehead atoms. The molecule has 1 saturated carbocycles. The number of carbonyl (C=O) groups excluding carboxylic acids is 3. The highest BCUT2D eigenvalue weighted by Crippen LogP contribution is 2.23. The molecule has 0 spiro atoms. The number of Topliss-reactive ketones (excluding diaryl/α,β-unsaturated/α-hetero) is 1. The molecule has 2 unspecified atom stereocenters. The average molecular weight is 342 g/mol. The first kappa shape index (κ1) is 18.9. The number of ketones is 1. The van der Waals surface area contributed by atoms with Gasteiger partial charge in [-0.1, -0.05) is 19.8 Å². The van der Waals surface area contributed by atoms with Crippen LogP contribution in [0.15, 0.2) is 35.9 Å². The average Bonchev–Trinajstić information content (AvgIpc) is 2.57. The molecule has 0 aliphatic heterocycles. The largest absolute Gasteiger partial charge is 0.349 e. The van der Waals surface area contributed by atoms with Gasteiger partial charge in [0.15, 0.2) is 5.78 Å². The normalized spacial score (nSPS) is 20.7. The molecule has 0 radical (unpaired) electrons. The Balaban J connectivity index is 1.92. The maximum Gasteiger partial charge on any atom is 0.248 e. The third-order valence-electron chi connectivity index (χ3n) is 4.69. The fourth-order valence-corrected chi connectivity index (χ4v) is 3.04. The Hall–Kier alpha value is -2.43. The van der Waals surface area contributed by atoms with Gasteiger partial charge < -0.3 is 10.6 Å². The number of amides is 2. The molecule has 0 heterocycles.